The van der Waals surface area contributed by atoms with Crippen molar-refractivity contribution in [3.63, 3.8) is 0 Å². The molecule has 3 nitrogen and oxygen atoms in total. The summed E-state index contributed by atoms with van der Waals surface area (Å²) < 4.78 is 5.95. The summed E-state index contributed by atoms with van der Waals surface area (Å²) in [6, 6.07) is 20.6. The molecule has 2 aromatic carbocycles. The van der Waals surface area contributed by atoms with Crippen molar-refractivity contribution in [2.75, 3.05) is 13.1 Å². The minimum atomic E-state index is -0.926. The highest BCUT2D eigenvalue weighted by atomic mass is 16.4. The largest absolute Gasteiger partial charge is 0.458 e. The van der Waals surface area contributed by atoms with Gasteiger partial charge in [-0.3, -0.25) is 4.90 Å². The molecule has 5 rings (SSSR count). The van der Waals surface area contributed by atoms with Crippen LogP contribution in [0.3, 0.4) is 0 Å². The van der Waals surface area contributed by atoms with Crippen molar-refractivity contribution in [1.29, 1.82) is 0 Å². The number of β-amino-alcohol motifs (C(OH)–C–C–N with tert-alkyl or cyclic N) is 1. The Morgan fingerprint density at radius 3 is 2.48 bits per heavy atom. The van der Waals surface area contributed by atoms with Gasteiger partial charge in [0.25, 0.3) is 0 Å². The topological polar surface area (TPSA) is 36.6 Å². The summed E-state index contributed by atoms with van der Waals surface area (Å²) >= 11 is 0. The average molecular weight is 357 g/mol. The third kappa shape index (κ3) is 2.93. The van der Waals surface area contributed by atoms with E-state index in [2.05, 4.69) is 47.4 Å². The molecular formula is C24H23NO2. The molecule has 1 aliphatic carbocycles. The van der Waals surface area contributed by atoms with Crippen LogP contribution in [0.15, 0.2) is 88.9 Å². The van der Waals surface area contributed by atoms with E-state index in [1.807, 2.05) is 36.4 Å². The van der Waals surface area contributed by atoms with Crippen LogP contribution in [0.1, 0.15) is 30.2 Å². The quantitative estimate of drug-likeness (QED) is 0.717. The van der Waals surface area contributed by atoms with E-state index in [0.717, 1.165) is 23.8 Å². The van der Waals surface area contributed by atoms with E-state index in [0.29, 0.717) is 18.8 Å². The van der Waals surface area contributed by atoms with Crippen molar-refractivity contribution < 1.29 is 9.52 Å². The number of para-hydroxylation sites is 1. The van der Waals surface area contributed by atoms with Crippen LogP contribution in [0, 0.1) is 0 Å². The van der Waals surface area contributed by atoms with Gasteiger partial charge >= 0.3 is 0 Å². The number of hydrogen-bond acceptors (Lipinski definition) is 3. The summed E-state index contributed by atoms with van der Waals surface area (Å²) in [4.78, 5) is 2.34. The van der Waals surface area contributed by atoms with E-state index in [-0.39, 0.29) is 6.04 Å². The Hall–Kier alpha value is -2.62. The lowest BCUT2D eigenvalue weighted by molar-refractivity contribution is -0.128. The molecule has 27 heavy (non-hydrogen) atoms. The first-order valence-electron chi connectivity index (χ1n) is 9.60. The summed E-state index contributed by atoms with van der Waals surface area (Å²) in [7, 11) is 0. The molecule has 3 aromatic rings. The number of hydrogen-bond donors (Lipinski definition) is 1. The maximum atomic E-state index is 11.2. The van der Waals surface area contributed by atoms with E-state index >= 15 is 0 Å². The summed E-state index contributed by atoms with van der Waals surface area (Å²) in [5.74, 6) is 0.667. The monoisotopic (exact) mass is 357 g/mol. The number of rotatable bonds is 4. The van der Waals surface area contributed by atoms with Crippen LogP contribution >= 0.6 is 0 Å². The number of aliphatic hydroxyl groups is 1. The first-order chi connectivity index (χ1) is 13.2. The fraction of sp³-hybridized carbons (Fsp3) is 0.250. The molecule has 2 aliphatic rings. The summed E-state index contributed by atoms with van der Waals surface area (Å²) in [6.07, 6.45) is 9.00. The number of nitrogens with zero attached hydrogens (tertiary/aromatic N) is 1. The maximum absolute atomic E-state index is 11.2. The molecule has 0 radical (unpaired) electrons. The van der Waals surface area contributed by atoms with Crippen molar-refractivity contribution in [2.24, 2.45) is 0 Å². The van der Waals surface area contributed by atoms with E-state index in [1.165, 1.54) is 11.1 Å². The van der Waals surface area contributed by atoms with Gasteiger partial charge < -0.3 is 9.52 Å². The van der Waals surface area contributed by atoms with Gasteiger partial charge in [0.05, 0.1) is 6.04 Å². The minimum absolute atomic E-state index is 0.174. The molecule has 1 aromatic heterocycles. The smallest absolute Gasteiger partial charge is 0.147 e. The number of benzene rings is 2. The Balaban J connectivity index is 1.43. The van der Waals surface area contributed by atoms with Gasteiger partial charge in [0.15, 0.2) is 0 Å². The van der Waals surface area contributed by atoms with E-state index < -0.39 is 5.60 Å². The molecule has 0 bridgehead atoms. The lowest BCUT2D eigenvalue weighted by Gasteiger charge is -2.49. The van der Waals surface area contributed by atoms with Gasteiger partial charge in [-0.25, -0.2) is 0 Å². The second-order valence-electron chi connectivity index (χ2n) is 7.58. The molecule has 1 aliphatic heterocycles. The molecule has 2 heterocycles. The summed E-state index contributed by atoms with van der Waals surface area (Å²) in [6.45, 7) is 1.13. The zero-order valence-corrected chi connectivity index (χ0v) is 15.2. The van der Waals surface area contributed by atoms with Crippen LogP contribution in [-0.4, -0.2) is 23.1 Å². The molecule has 1 N–H and O–H groups in total. The van der Waals surface area contributed by atoms with Crippen LogP contribution in [0.25, 0.3) is 11.0 Å². The van der Waals surface area contributed by atoms with Gasteiger partial charge in [0, 0.05) is 18.5 Å². The zero-order chi connectivity index (χ0) is 18.3. The highest BCUT2D eigenvalue weighted by molar-refractivity contribution is 5.78. The van der Waals surface area contributed by atoms with Gasteiger partial charge in [0.2, 0.25) is 0 Å². The SMILES string of the molecule is OC1(c2cc3ccccc3o2)CN(C(C2=CCCC=C2)c2ccccc2)C1. The summed E-state index contributed by atoms with van der Waals surface area (Å²) in [5, 5.41) is 12.2. The lowest BCUT2D eigenvalue weighted by atomic mass is 9.84. The molecular weight excluding hydrogens is 334 g/mol. The van der Waals surface area contributed by atoms with Gasteiger partial charge in [0.1, 0.15) is 16.9 Å². The van der Waals surface area contributed by atoms with Gasteiger partial charge in [-0.05, 0) is 36.1 Å². The van der Waals surface area contributed by atoms with Crippen molar-refractivity contribution in [3.05, 3.63) is 95.8 Å². The first kappa shape index (κ1) is 16.5. The molecule has 1 fully saturated rings. The Labute approximate surface area is 159 Å². The number of fused-ring (bicyclic) bond motifs is 1. The second-order valence-corrected chi connectivity index (χ2v) is 7.58. The summed E-state index contributed by atoms with van der Waals surface area (Å²) in [5.41, 5.74) is 2.49. The fourth-order valence-electron chi connectivity index (χ4n) is 4.26. The fourth-order valence-corrected chi connectivity index (χ4v) is 4.26. The number of furan rings is 1. The average Bonchev–Trinajstić information content (AvgIpc) is 3.13. The van der Waals surface area contributed by atoms with Crippen molar-refractivity contribution in [3.8, 4) is 0 Å². The zero-order valence-electron chi connectivity index (χ0n) is 15.2. The molecule has 3 heteroatoms. The van der Waals surface area contributed by atoms with E-state index in [9.17, 15) is 5.11 Å². The standard InChI is InChI=1S/C24H23NO2/c26-24(22-15-20-13-7-8-14-21(20)27-22)16-25(17-24)23(18-9-3-1-4-10-18)19-11-5-2-6-12-19/h1,3-5,7-15,23,26H,2,6,16-17H2. The van der Waals surface area contributed by atoms with E-state index in [4.69, 9.17) is 4.42 Å². The van der Waals surface area contributed by atoms with Crippen molar-refractivity contribution >= 4 is 11.0 Å². The van der Waals surface area contributed by atoms with E-state index in [1.54, 1.807) is 0 Å². The molecule has 1 unspecified atom stereocenters. The van der Waals surface area contributed by atoms with Gasteiger partial charge in [-0.2, -0.15) is 0 Å². The maximum Gasteiger partial charge on any atom is 0.147 e. The third-order valence-electron chi connectivity index (χ3n) is 5.63. The third-order valence-corrected chi connectivity index (χ3v) is 5.63. The lowest BCUT2D eigenvalue weighted by Crippen LogP contribution is -2.60. The molecule has 136 valence electrons. The number of likely N-dealkylation sites (tertiary alicyclic amines) is 1. The van der Waals surface area contributed by atoms with Crippen LogP contribution in [-0.2, 0) is 5.60 Å². The van der Waals surface area contributed by atoms with Crippen molar-refractivity contribution in [1.82, 2.24) is 4.90 Å². The molecule has 1 saturated heterocycles. The highest BCUT2D eigenvalue weighted by Gasteiger charge is 2.48. The Morgan fingerprint density at radius 1 is 0.963 bits per heavy atom. The second kappa shape index (κ2) is 6.52. The Kier molecular flexibility index (Phi) is 4.00. The molecule has 0 amide bonds. The number of allylic oxidation sites excluding steroid dienone is 2. The molecule has 0 saturated carbocycles. The highest BCUT2D eigenvalue weighted by Crippen LogP contribution is 2.42. The normalized spacial score (nSPS) is 20.3. The molecule has 0 spiro atoms. The minimum Gasteiger partial charge on any atom is -0.458 e. The molecule has 1 atom stereocenters. The van der Waals surface area contributed by atoms with Crippen molar-refractivity contribution in [2.45, 2.75) is 24.5 Å². The van der Waals surface area contributed by atoms with Crippen LogP contribution in [0.5, 0.6) is 0 Å². The Morgan fingerprint density at radius 2 is 1.74 bits per heavy atom. The van der Waals surface area contributed by atoms with Crippen LogP contribution < -0.4 is 0 Å². The van der Waals surface area contributed by atoms with Crippen LogP contribution in [0.2, 0.25) is 0 Å². The van der Waals surface area contributed by atoms with Crippen LogP contribution in [0.4, 0.5) is 0 Å². The Bertz CT molecular complexity index is 976. The van der Waals surface area contributed by atoms with Gasteiger partial charge in [-0.15, -0.1) is 0 Å². The predicted molar refractivity (Wildman–Crippen MR) is 107 cm³/mol. The van der Waals surface area contributed by atoms with Gasteiger partial charge in [-0.1, -0.05) is 66.8 Å². The first-order valence-corrected chi connectivity index (χ1v) is 9.60. The predicted octanol–water partition coefficient (Wildman–Crippen LogP) is 4.95.